The molecular weight excluding hydrogens is 382 g/mol. The van der Waals surface area contributed by atoms with E-state index >= 15 is 0 Å². The third-order valence-electron chi connectivity index (χ3n) is 6.33. The number of imidazole rings is 1. The number of aromatic nitrogens is 2. The second kappa shape index (κ2) is 6.94. The van der Waals surface area contributed by atoms with E-state index in [1.807, 2.05) is 18.2 Å². The van der Waals surface area contributed by atoms with Gasteiger partial charge in [0.15, 0.2) is 5.65 Å². The molecule has 0 atom stereocenters. The van der Waals surface area contributed by atoms with Crippen molar-refractivity contribution in [2.45, 2.75) is 39.5 Å². The Morgan fingerprint density at radius 1 is 1.07 bits per heavy atom. The van der Waals surface area contributed by atoms with E-state index < -0.39 is 0 Å². The molecule has 148 valence electrons. The van der Waals surface area contributed by atoms with Crippen molar-refractivity contribution in [2.24, 2.45) is 11.3 Å². The zero-order valence-corrected chi connectivity index (χ0v) is 17.6. The van der Waals surface area contributed by atoms with E-state index in [4.69, 9.17) is 4.98 Å². The highest BCUT2D eigenvalue weighted by molar-refractivity contribution is 5.87. The fraction of sp³-hybridized carbons (Fsp3) is 0.435. The fourth-order valence-corrected chi connectivity index (χ4v) is 5.03. The predicted molar refractivity (Wildman–Crippen MR) is 116 cm³/mol. The van der Waals surface area contributed by atoms with Crippen molar-refractivity contribution in [1.29, 1.82) is 10.5 Å². The first kappa shape index (κ1) is 19.6. The van der Waals surface area contributed by atoms with E-state index in [1.54, 1.807) is 0 Å². The highest BCUT2D eigenvalue weighted by atomic mass is 35.5. The molecule has 3 aromatic rings. The molecule has 3 heterocycles. The fourth-order valence-electron chi connectivity index (χ4n) is 5.03. The predicted octanol–water partition coefficient (Wildman–Crippen LogP) is 4.65. The summed E-state index contributed by atoms with van der Waals surface area (Å²) in [7, 11) is 0. The number of nitriles is 2. The summed E-state index contributed by atoms with van der Waals surface area (Å²) in [4.78, 5) is 7.29. The number of anilines is 1. The van der Waals surface area contributed by atoms with Gasteiger partial charge >= 0.3 is 0 Å². The van der Waals surface area contributed by atoms with Gasteiger partial charge in [-0.25, -0.2) is 4.98 Å². The Kier molecular flexibility index (Phi) is 4.68. The van der Waals surface area contributed by atoms with Crippen LogP contribution in [0.15, 0.2) is 24.3 Å². The molecule has 0 bridgehead atoms. The number of hydrogen-bond acceptors (Lipinski definition) is 4. The topological polar surface area (TPSA) is 68.1 Å². The number of hydrogen-bond donors (Lipinski definition) is 0. The standard InChI is InChI=1S/C23H23N5.ClH/c1-23(2)11-16-17(12-23)22(27-9-7-15(13-24)8-10-27)28-20-6-4-3-5-19(20)26-21(28)18(16)14-25;/h3-6,15H,7-12H2,1-2H3;1H. The van der Waals surface area contributed by atoms with E-state index in [-0.39, 0.29) is 23.7 Å². The van der Waals surface area contributed by atoms with Gasteiger partial charge in [-0.3, -0.25) is 4.40 Å². The average Bonchev–Trinajstić information content (AvgIpc) is 3.22. The van der Waals surface area contributed by atoms with Crippen LogP contribution in [0, 0.1) is 34.0 Å². The lowest BCUT2D eigenvalue weighted by atomic mass is 9.90. The van der Waals surface area contributed by atoms with Crippen molar-refractivity contribution in [3.05, 3.63) is 41.0 Å². The van der Waals surface area contributed by atoms with Crippen molar-refractivity contribution < 1.29 is 0 Å². The first-order valence-corrected chi connectivity index (χ1v) is 10.0. The van der Waals surface area contributed by atoms with Gasteiger partial charge < -0.3 is 4.90 Å². The first-order valence-electron chi connectivity index (χ1n) is 10.0. The summed E-state index contributed by atoms with van der Waals surface area (Å²) in [5.74, 6) is 1.34. The number of pyridine rings is 1. The molecule has 1 saturated heterocycles. The van der Waals surface area contributed by atoms with Crippen LogP contribution in [0.25, 0.3) is 16.7 Å². The maximum atomic E-state index is 10.0. The number of fused-ring (bicyclic) bond motifs is 4. The van der Waals surface area contributed by atoms with Gasteiger partial charge in [0.1, 0.15) is 11.9 Å². The van der Waals surface area contributed by atoms with Crippen LogP contribution < -0.4 is 4.90 Å². The third-order valence-corrected chi connectivity index (χ3v) is 6.33. The Bertz CT molecular complexity index is 1190. The first-order chi connectivity index (χ1) is 13.5. The van der Waals surface area contributed by atoms with Gasteiger partial charge in [-0.15, -0.1) is 12.4 Å². The molecule has 5 nitrogen and oxygen atoms in total. The molecule has 5 rings (SSSR count). The number of para-hydroxylation sites is 2. The SMILES string of the molecule is CC1(C)Cc2c(c(N3CCC(C#N)CC3)n3c(nc4ccccc43)c2C#N)C1.Cl. The van der Waals surface area contributed by atoms with E-state index in [0.717, 1.165) is 61.0 Å². The van der Waals surface area contributed by atoms with Crippen molar-refractivity contribution in [3.63, 3.8) is 0 Å². The van der Waals surface area contributed by atoms with Gasteiger partial charge in [0.05, 0.1) is 22.7 Å². The Morgan fingerprint density at radius 2 is 1.76 bits per heavy atom. The van der Waals surface area contributed by atoms with Gasteiger partial charge in [-0.1, -0.05) is 26.0 Å². The van der Waals surface area contributed by atoms with Crippen LogP contribution in [-0.2, 0) is 12.8 Å². The van der Waals surface area contributed by atoms with Crippen molar-refractivity contribution >= 4 is 34.9 Å². The number of halogens is 1. The summed E-state index contributed by atoms with van der Waals surface area (Å²) < 4.78 is 2.21. The monoisotopic (exact) mass is 405 g/mol. The van der Waals surface area contributed by atoms with Crippen LogP contribution in [-0.4, -0.2) is 22.5 Å². The number of piperidine rings is 1. The Hall–Kier alpha value is -2.76. The van der Waals surface area contributed by atoms with E-state index in [9.17, 15) is 10.5 Å². The van der Waals surface area contributed by atoms with E-state index in [2.05, 4.69) is 41.4 Å². The molecule has 1 aromatic carbocycles. The van der Waals surface area contributed by atoms with Crippen LogP contribution in [0.5, 0.6) is 0 Å². The van der Waals surface area contributed by atoms with E-state index in [0.29, 0.717) is 0 Å². The summed E-state index contributed by atoms with van der Waals surface area (Å²) in [6.45, 7) is 6.30. The second-order valence-corrected chi connectivity index (χ2v) is 8.94. The van der Waals surface area contributed by atoms with Crippen molar-refractivity contribution in [3.8, 4) is 12.1 Å². The maximum absolute atomic E-state index is 10.0. The summed E-state index contributed by atoms with van der Waals surface area (Å²) in [5.41, 5.74) is 6.10. The molecule has 0 saturated carbocycles. The largest absolute Gasteiger partial charge is 0.357 e. The molecular formula is C23H24ClN5. The Balaban J connectivity index is 0.00000205. The second-order valence-electron chi connectivity index (χ2n) is 8.94. The van der Waals surface area contributed by atoms with Crippen molar-refractivity contribution in [2.75, 3.05) is 18.0 Å². The van der Waals surface area contributed by atoms with Crippen LogP contribution in [0.1, 0.15) is 43.4 Å². The highest BCUT2D eigenvalue weighted by Gasteiger charge is 2.37. The highest BCUT2D eigenvalue weighted by Crippen LogP contribution is 2.45. The van der Waals surface area contributed by atoms with Gasteiger partial charge in [0, 0.05) is 19.0 Å². The molecule has 0 N–H and O–H groups in total. The number of nitrogens with zero attached hydrogens (tertiary/aromatic N) is 5. The molecule has 29 heavy (non-hydrogen) atoms. The Morgan fingerprint density at radius 3 is 2.45 bits per heavy atom. The van der Waals surface area contributed by atoms with Gasteiger partial charge in [-0.05, 0) is 54.4 Å². The number of rotatable bonds is 1. The summed E-state index contributed by atoms with van der Waals surface area (Å²) in [6, 6.07) is 13.0. The molecule has 0 unspecified atom stereocenters. The Labute approximate surface area is 177 Å². The minimum absolute atomic E-state index is 0. The third kappa shape index (κ3) is 2.93. The summed E-state index contributed by atoms with van der Waals surface area (Å²) >= 11 is 0. The van der Waals surface area contributed by atoms with Crippen LogP contribution in [0.2, 0.25) is 0 Å². The zero-order chi connectivity index (χ0) is 19.5. The van der Waals surface area contributed by atoms with E-state index in [1.165, 1.54) is 16.9 Å². The van der Waals surface area contributed by atoms with Crippen LogP contribution in [0.4, 0.5) is 5.82 Å². The molecule has 1 aliphatic heterocycles. The molecule has 1 fully saturated rings. The normalized spacial score (nSPS) is 18.3. The molecule has 2 aromatic heterocycles. The number of benzene rings is 1. The summed E-state index contributed by atoms with van der Waals surface area (Å²) in [5, 5.41) is 19.3. The smallest absolute Gasteiger partial charge is 0.157 e. The van der Waals surface area contributed by atoms with Crippen LogP contribution in [0.3, 0.4) is 0 Å². The van der Waals surface area contributed by atoms with Crippen molar-refractivity contribution in [1.82, 2.24) is 9.38 Å². The molecule has 1 aliphatic carbocycles. The summed E-state index contributed by atoms with van der Waals surface area (Å²) in [6.07, 6.45) is 3.66. The quantitative estimate of drug-likeness (QED) is 0.591. The minimum atomic E-state index is 0. The molecule has 0 amide bonds. The van der Waals surface area contributed by atoms with Gasteiger partial charge in [0.2, 0.25) is 0 Å². The van der Waals surface area contributed by atoms with Gasteiger partial charge in [0.25, 0.3) is 0 Å². The lowest BCUT2D eigenvalue weighted by molar-refractivity contribution is 0.392. The molecule has 0 spiro atoms. The molecule has 6 heteroatoms. The lowest BCUT2D eigenvalue weighted by Crippen LogP contribution is -2.35. The maximum Gasteiger partial charge on any atom is 0.157 e. The zero-order valence-electron chi connectivity index (χ0n) is 16.8. The lowest BCUT2D eigenvalue weighted by Gasteiger charge is -2.33. The molecule has 0 radical (unpaired) electrons. The van der Waals surface area contributed by atoms with Crippen LogP contribution >= 0.6 is 12.4 Å². The minimum Gasteiger partial charge on any atom is -0.357 e. The molecule has 2 aliphatic rings. The average molecular weight is 406 g/mol. The van der Waals surface area contributed by atoms with Gasteiger partial charge in [-0.2, -0.15) is 10.5 Å².